The molecule has 2 nitrogen and oxygen atoms in total. The maximum Gasteiger partial charge on any atom is 0.146 e. The Bertz CT molecular complexity index is 659. The van der Waals surface area contributed by atoms with E-state index in [0.717, 1.165) is 11.1 Å². The Morgan fingerprint density at radius 1 is 1.24 bits per heavy atom. The Labute approximate surface area is 131 Å². The lowest BCUT2D eigenvalue weighted by Crippen LogP contribution is -2.09. The molecule has 0 aliphatic heterocycles. The highest BCUT2D eigenvalue weighted by Gasteiger charge is 2.15. The van der Waals surface area contributed by atoms with Crippen LogP contribution in [0.25, 0.3) is 0 Å². The molecule has 0 spiro atoms. The molecule has 0 amide bonds. The fourth-order valence-electron chi connectivity index (χ4n) is 2.01. The Balaban J connectivity index is 2.27. The molecule has 112 valence electrons. The van der Waals surface area contributed by atoms with E-state index in [9.17, 15) is 8.78 Å². The van der Waals surface area contributed by atoms with Crippen molar-refractivity contribution in [1.29, 1.82) is 0 Å². The molecule has 0 saturated heterocycles. The quantitative estimate of drug-likeness (QED) is 0.811. The van der Waals surface area contributed by atoms with Gasteiger partial charge in [0.25, 0.3) is 0 Å². The molecule has 0 fully saturated rings. The fraction of sp³-hybridized carbons (Fsp3) is 0.250. The smallest absolute Gasteiger partial charge is 0.146 e. The van der Waals surface area contributed by atoms with Crippen LogP contribution in [-0.2, 0) is 6.61 Å². The minimum absolute atomic E-state index is 0.111. The van der Waals surface area contributed by atoms with Gasteiger partial charge in [0.1, 0.15) is 24.0 Å². The number of hydrogen-bond acceptors (Lipinski definition) is 2. The van der Waals surface area contributed by atoms with E-state index in [1.54, 1.807) is 6.07 Å². The molecule has 2 aromatic rings. The summed E-state index contributed by atoms with van der Waals surface area (Å²) >= 11 is 3.04. The van der Waals surface area contributed by atoms with E-state index in [1.807, 2.05) is 26.0 Å². The molecular formula is C16H16BrF2NO. The van der Waals surface area contributed by atoms with Crippen molar-refractivity contribution < 1.29 is 13.5 Å². The molecule has 5 heteroatoms. The molecule has 2 aromatic carbocycles. The van der Waals surface area contributed by atoms with Gasteiger partial charge in [0, 0.05) is 11.6 Å². The molecule has 0 bridgehead atoms. The van der Waals surface area contributed by atoms with Crippen LogP contribution in [0, 0.1) is 18.6 Å². The van der Waals surface area contributed by atoms with Gasteiger partial charge in [-0.15, -0.1) is 0 Å². The summed E-state index contributed by atoms with van der Waals surface area (Å²) in [6.07, 6.45) is 0. The van der Waals surface area contributed by atoms with E-state index in [1.165, 1.54) is 12.1 Å². The number of hydrogen-bond donors (Lipinski definition) is 1. The zero-order valence-corrected chi connectivity index (χ0v) is 13.4. The topological polar surface area (TPSA) is 35.2 Å². The maximum atomic E-state index is 13.9. The minimum Gasteiger partial charge on any atom is -0.488 e. The summed E-state index contributed by atoms with van der Waals surface area (Å²) in [6, 6.07) is 7.85. The van der Waals surface area contributed by atoms with Crippen molar-refractivity contribution in [2.24, 2.45) is 5.73 Å². The van der Waals surface area contributed by atoms with Gasteiger partial charge in [-0.05, 0) is 48.0 Å². The lowest BCUT2D eigenvalue weighted by molar-refractivity contribution is 0.288. The monoisotopic (exact) mass is 355 g/mol. The first-order valence-electron chi connectivity index (χ1n) is 6.51. The van der Waals surface area contributed by atoms with E-state index >= 15 is 0 Å². The number of aryl methyl sites for hydroxylation is 1. The normalized spacial score (nSPS) is 12.3. The third-order valence-corrected chi connectivity index (χ3v) is 3.78. The number of nitrogens with two attached hydrogens (primary N) is 1. The molecule has 0 aliphatic carbocycles. The third kappa shape index (κ3) is 3.60. The van der Waals surface area contributed by atoms with Gasteiger partial charge < -0.3 is 10.5 Å². The standard InChI is InChI=1S/C16H16BrF2NO/c1-9-3-6-15(11(7-9)10(2)20)21-8-12-14(18)5-4-13(17)16(12)19/h3-7,10H,8,20H2,1-2H3/t10-/m1/s1. The fourth-order valence-corrected chi connectivity index (χ4v) is 2.38. The molecule has 0 aromatic heterocycles. The SMILES string of the molecule is Cc1ccc(OCc2c(F)ccc(Br)c2F)c([C@@H](C)N)c1. The van der Waals surface area contributed by atoms with Crippen LogP contribution in [0.5, 0.6) is 5.75 Å². The van der Waals surface area contributed by atoms with Gasteiger partial charge in [-0.1, -0.05) is 17.7 Å². The van der Waals surface area contributed by atoms with E-state index in [-0.39, 0.29) is 22.7 Å². The second-order valence-electron chi connectivity index (χ2n) is 4.94. The first-order valence-corrected chi connectivity index (χ1v) is 7.30. The number of ether oxygens (including phenoxy) is 1. The lowest BCUT2D eigenvalue weighted by Gasteiger charge is -2.15. The molecule has 21 heavy (non-hydrogen) atoms. The molecule has 1 atom stereocenters. The van der Waals surface area contributed by atoms with Crippen LogP contribution < -0.4 is 10.5 Å². The van der Waals surface area contributed by atoms with E-state index in [0.29, 0.717) is 5.75 Å². The molecular weight excluding hydrogens is 340 g/mol. The van der Waals surface area contributed by atoms with E-state index < -0.39 is 11.6 Å². The van der Waals surface area contributed by atoms with Crippen molar-refractivity contribution in [1.82, 2.24) is 0 Å². The van der Waals surface area contributed by atoms with Gasteiger partial charge in [-0.2, -0.15) is 0 Å². The summed E-state index contributed by atoms with van der Waals surface area (Å²) in [7, 11) is 0. The van der Waals surface area contributed by atoms with Crippen LogP contribution in [0.15, 0.2) is 34.8 Å². The molecule has 2 N–H and O–H groups in total. The van der Waals surface area contributed by atoms with Gasteiger partial charge >= 0.3 is 0 Å². The highest BCUT2D eigenvalue weighted by molar-refractivity contribution is 9.10. The van der Waals surface area contributed by atoms with Crippen molar-refractivity contribution in [3.8, 4) is 5.75 Å². The largest absolute Gasteiger partial charge is 0.488 e. The average Bonchev–Trinajstić information content (AvgIpc) is 2.44. The second kappa shape index (κ2) is 6.54. The summed E-state index contributed by atoms with van der Waals surface area (Å²) < 4.78 is 33.4. The van der Waals surface area contributed by atoms with Crippen LogP contribution in [-0.4, -0.2) is 0 Å². The van der Waals surface area contributed by atoms with Gasteiger partial charge in [-0.25, -0.2) is 8.78 Å². The Morgan fingerprint density at radius 3 is 2.62 bits per heavy atom. The molecule has 0 radical (unpaired) electrons. The minimum atomic E-state index is -0.649. The first-order chi connectivity index (χ1) is 9.90. The van der Waals surface area contributed by atoms with E-state index in [4.69, 9.17) is 10.5 Å². The summed E-state index contributed by atoms with van der Waals surface area (Å²) in [4.78, 5) is 0. The molecule has 0 heterocycles. The van der Waals surface area contributed by atoms with Crippen molar-refractivity contribution in [2.45, 2.75) is 26.5 Å². The lowest BCUT2D eigenvalue weighted by atomic mass is 10.1. The summed E-state index contributed by atoms with van der Waals surface area (Å²) in [5.74, 6) is -0.746. The van der Waals surface area contributed by atoms with Crippen LogP contribution in [0.1, 0.15) is 29.7 Å². The predicted octanol–water partition coefficient (Wildman–Crippen LogP) is 4.63. The van der Waals surface area contributed by atoms with Crippen LogP contribution in [0.4, 0.5) is 8.78 Å². The number of halogens is 3. The van der Waals surface area contributed by atoms with Crippen LogP contribution in [0.2, 0.25) is 0 Å². The van der Waals surface area contributed by atoms with Gasteiger partial charge in [0.15, 0.2) is 0 Å². The van der Waals surface area contributed by atoms with Gasteiger partial charge in [0.2, 0.25) is 0 Å². The first kappa shape index (κ1) is 15.9. The molecule has 0 aliphatic rings. The average molecular weight is 356 g/mol. The zero-order chi connectivity index (χ0) is 15.6. The maximum absolute atomic E-state index is 13.9. The summed E-state index contributed by atoms with van der Waals surface area (Å²) in [6.45, 7) is 3.59. The predicted molar refractivity (Wildman–Crippen MR) is 82.2 cm³/mol. The third-order valence-electron chi connectivity index (χ3n) is 3.17. The van der Waals surface area contributed by atoms with Crippen LogP contribution in [0.3, 0.4) is 0 Å². The Morgan fingerprint density at radius 2 is 1.95 bits per heavy atom. The number of rotatable bonds is 4. The summed E-state index contributed by atoms with van der Waals surface area (Å²) in [5, 5.41) is 0. The molecule has 0 saturated carbocycles. The van der Waals surface area contributed by atoms with E-state index in [2.05, 4.69) is 15.9 Å². The number of benzene rings is 2. The Kier molecular flexibility index (Phi) is 4.96. The van der Waals surface area contributed by atoms with Crippen molar-refractivity contribution in [3.63, 3.8) is 0 Å². The molecule has 2 rings (SSSR count). The van der Waals surface area contributed by atoms with Crippen molar-refractivity contribution in [3.05, 3.63) is 63.1 Å². The zero-order valence-electron chi connectivity index (χ0n) is 11.8. The highest BCUT2D eigenvalue weighted by Crippen LogP contribution is 2.28. The highest BCUT2D eigenvalue weighted by atomic mass is 79.9. The van der Waals surface area contributed by atoms with Crippen LogP contribution >= 0.6 is 15.9 Å². The van der Waals surface area contributed by atoms with Crippen molar-refractivity contribution in [2.75, 3.05) is 0 Å². The van der Waals surface area contributed by atoms with Gasteiger partial charge in [0.05, 0.1) is 10.0 Å². The van der Waals surface area contributed by atoms with Crippen molar-refractivity contribution >= 4 is 15.9 Å². The second-order valence-corrected chi connectivity index (χ2v) is 5.79. The molecule has 0 unspecified atom stereocenters. The van der Waals surface area contributed by atoms with Gasteiger partial charge in [-0.3, -0.25) is 0 Å². The Hall–Kier alpha value is -1.46. The summed E-state index contributed by atoms with van der Waals surface area (Å²) in [5.41, 5.74) is 7.65.